The molecule has 6 nitrogen and oxygen atoms in total. The van der Waals surface area contributed by atoms with Gasteiger partial charge in [0.15, 0.2) is 11.5 Å². The number of amides is 1. The summed E-state index contributed by atoms with van der Waals surface area (Å²) in [4.78, 5) is 12.4. The topological polar surface area (TPSA) is 69.9 Å². The Kier molecular flexibility index (Phi) is 5.34. The van der Waals surface area contributed by atoms with Crippen LogP contribution in [0, 0.1) is 6.92 Å². The minimum atomic E-state index is -0.0614. The molecule has 1 N–H and O–H groups in total. The molecule has 0 atom stereocenters. The van der Waals surface area contributed by atoms with Gasteiger partial charge in [-0.3, -0.25) is 4.79 Å². The van der Waals surface area contributed by atoms with Crippen LogP contribution in [0.3, 0.4) is 0 Å². The molecule has 29 heavy (non-hydrogen) atoms. The van der Waals surface area contributed by atoms with E-state index < -0.39 is 0 Å². The number of rotatable bonds is 7. The zero-order chi connectivity index (χ0) is 20.4. The van der Waals surface area contributed by atoms with Crippen LogP contribution >= 0.6 is 0 Å². The molecule has 1 aliphatic heterocycles. The van der Waals surface area contributed by atoms with Gasteiger partial charge >= 0.3 is 0 Å². The summed E-state index contributed by atoms with van der Waals surface area (Å²) in [5, 5.41) is 3.90. The summed E-state index contributed by atoms with van der Waals surface area (Å²) >= 11 is 0. The molecule has 3 aromatic rings. The number of nitrogens with one attached hydrogen (secondary N) is 1. The second kappa shape index (κ2) is 8.07. The van der Waals surface area contributed by atoms with E-state index >= 15 is 0 Å². The Bertz CT molecular complexity index is 1040. The van der Waals surface area contributed by atoms with Crippen molar-refractivity contribution >= 4 is 16.9 Å². The molecule has 4 rings (SSSR count). The van der Waals surface area contributed by atoms with Crippen LogP contribution in [0.5, 0.6) is 17.2 Å². The van der Waals surface area contributed by atoms with Crippen LogP contribution < -0.4 is 19.5 Å². The minimum Gasteiger partial charge on any atom is -0.492 e. The van der Waals surface area contributed by atoms with E-state index in [2.05, 4.69) is 32.2 Å². The monoisotopic (exact) mass is 395 g/mol. The first-order chi connectivity index (χ1) is 14.0. The lowest BCUT2D eigenvalue weighted by Gasteiger charge is -2.10. The van der Waals surface area contributed by atoms with E-state index in [1.807, 2.05) is 18.2 Å². The van der Waals surface area contributed by atoms with Crippen molar-refractivity contribution in [2.45, 2.75) is 33.1 Å². The van der Waals surface area contributed by atoms with Crippen LogP contribution in [0.15, 0.2) is 41.0 Å². The smallest absolute Gasteiger partial charge is 0.231 e. The van der Waals surface area contributed by atoms with Gasteiger partial charge in [0, 0.05) is 17.0 Å². The lowest BCUT2D eigenvalue weighted by Crippen LogP contribution is -2.29. The van der Waals surface area contributed by atoms with Gasteiger partial charge in [-0.1, -0.05) is 13.8 Å². The van der Waals surface area contributed by atoms with Crippen LogP contribution in [-0.4, -0.2) is 25.9 Å². The normalized spacial score (nSPS) is 12.6. The van der Waals surface area contributed by atoms with E-state index in [1.54, 1.807) is 12.3 Å². The molecule has 2 aromatic carbocycles. The van der Waals surface area contributed by atoms with Crippen molar-refractivity contribution < 1.29 is 23.4 Å². The van der Waals surface area contributed by atoms with Crippen molar-refractivity contribution in [3.63, 3.8) is 0 Å². The summed E-state index contributed by atoms with van der Waals surface area (Å²) in [6.45, 7) is 7.44. The molecule has 0 aliphatic carbocycles. The molecule has 0 saturated heterocycles. The quantitative estimate of drug-likeness (QED) is 0.603. The number of hydrogen-bond acceptors (Lipinski definition) is 5. The fraction of sp³-hybridized carbons (Fsp3) is 0.348. The minimum absolute atomic E-state index is 0.0614. The van der Waals surface area contributed by atoms with Gasteiger partial charge in [0.1, 0.15) is 17.9 Å². The molecule has 2 heterocycles. The molecule has 0 bridgehead atoms. The summed E-state index contributed by atoms with van der Waals surface area (Å²) in [6.07, 6.45) is 1.95. The molecule has 0 radical (unpaired) electrons. The number of ether oxygens (including phenoxy) is 3. The van der Waals surface area contributed by atoms with Crippen molar-refractivity contribution in [3.8, 4) is 17.2 Å². The van der Waals surface area contributed by atoms with Crippen LogP contribution in [0.2, 0.25) is 0 Å². The summed E-state index contributed by atoms with van der Waals surface area (Å²) in [7, 11) is 0. The maximum Gasteiger partial charge on any atom is 0.231 e. The van der Waals surface area contributed by atoms with Gasteiger partial charge in [0.25, 0.3) is 0 Å². The van der Waals surface area contributed by atoms with Crippen LogP contribution in [-0.2, 0) is 11.2 Å². The molecule has 152 valence electrons. The van der Waals surface area contributed by atoms with E-state index in [1.165, 1.54) is 11.1 Å². The van der Waals surface area contributed by atoms with Crippen molar-refractivity contribution in [3.05, 3.63) is 53.3 Å². The Morgan fingerprint density at radius 1 is 1.17 bits per heavy atom. The first kappa shape index (κ1) is 19.2. The number of fused-ring (bicyclic) bond motifs is 2. The number of carbonyl (C=O) groups is 1. The molecule has 6 heteroatoms. The van der Waals surface area contributed by atoms with E-state index in [0.29, 0.717) is 36.3 Å². The van der Waals surface area contributed by atoms with Crippen molar-refractivity contribution in [2.24, 2.45) is 0 Å². The number of benzene rings is 2. The fourth-order valence-corrected chi connectivity index (χ4v) is 3.57. The van der Waals surface area contributed by atoms with Gasteiger partial charge < -0.3 is 23.9 Å². The Morgan fingerprint density at radius 2 is 2.00 bits per heavy atom. The molecule has 1 aliphatic rings. The van der Waals surface area contributed by atoms with Gasteiger partial charge in [-0.05, 0) is 48.2 Å². The first-order valence-corrected chi connectivity index (χ1v) is 9.81. The second-order valence-corrected chi connectivity index (χ2v) is 7.51. The maximum atomic E-state index is 12.4. The largest absolute Gasteiger partial charge is 0.492 e. The second-order valence-electron chi connectivity index (χ2n) is 7.51. The Balaban J connectivity index is 1.31. The maximum absolute atomic E-state index is 12.4. The fourth-order valence-electron chi connectivity index (χ4n) is 3.57. The van der Waals surface area contributed by atoms with E-state index in [4.69, 9.17) is 18.6 Å². The Hall–Kier alpha value is -3.15. The van der Waals surface area contributed by atoms with Gasteiger partial charge in [0.2, 0.25) is 12.7 Å². The van der Waals surface area contributed by atoms with E-state index in [9.17, 15) is 4.79 Å². The SMILES string of the molecule is Cc1cc2occ(CC(=O)NCCOc3ccc4c(c3)OCO4)c2cc1C(C)C. The number of furan rings is 1. The highest BCUT2D eigenvalue weighted by atomic mass is 16.7. The highest BCUT2D eigenvalue weighted by Gasteiger charge is 2.15. The highest BCUT2D eigenvalue weighted by molar-refractivity contribution is 5.88. The average Bonchev–Trinajstić information content (AvgIpc) is 3.30. The van der Waals surface area contributed by atoms with Crippen molar-refractivity contribution in [1.82, 2.24) is 5.32 Å². The zero-order valence-corrected chi connectivity index (χ0v) is 16.9. The number of hydrogen-bond donors (Lipinski definition) is 1. The lowest BCUT2D eigenvalue weighted by molar-refractivity contribution is -0.120. The van der Waals surface area contributed by atoms with Crippen molar-refractivity contribution in [2.75, 3.05) is 19.9 Å². The third-order valence-corrected chi connectivity index (χ3v) is 5.05. The lowest BCUT2D eigenvalue weighted by atomic mass is 9.95. The summed E-state index contributed by atoms with van der Waals surface area (Å²) in [5.74, 6) is 2.43. The van der Waals surface area contributed by atoms with Gasteiger partial charge in [-0.25, -0.2) is 0 Å². The van der Waals surface area contributed by atoms with Gasteiger partial charge in [-0.2, -0.15) is 0 Å². The summed E-state index contributed by atoms with van der Waals surface area (Å²) < 4.78 is 21.9. The average molecular weight is 395 g/mol. The van der Waals surface area contributed by atoms with Crippen molar-refractivity contribution in [1.29, 1.82) is 0 Å². The van der Waals surface area contributed by atoms with Gasteiger partial charge in [0.05, 0.1) is 19.2 Å². The van der Waals surface area contributed by atoms with E-state index in [0.717, 1.165) is 16.5 Å². The van der Waals surface area contributed by atoms with Gasteiger partial charge in [-0.15, -0.1) is 0 Å². The third kappa shape index (κ3) is 4.16. The molecule has 1 amide bonds. The molecule has 0 fully saturated rings. The number of aryl methyl sites for hydroxylation is 1. The predicted octanol–water partition coefficient (Wildman–Crippen LogP) is 4.33. The Labute approximate surface area is 169 Å². The molecule has 0 unspecified atom stereocenters. The van der Waals surface area contributed by atoms with Crippen LogP contribution in [0.25, 0.3) is 11.0 Å². The predicted molar refractivity (Wildman–Crippen MR) is 110 cm³/mol. The van der Waals surface area contributed by atoms with Crippen LogP contribution in [0.4, 0.5) is 0 Å². The summed E-state index contributed by atoms with van der Waals surface area (Å²) in [5.41, 5.74) is 4.20. The standard InChI is InChI=1S/C23H25NO5/c1-14(2)18-11-19-16(12-27-21(19)8-15(18)3)9-23(25)24-6-7-26-17-4-5-20-22(10-17)29-13-28-20/h4-5,8,10-12,14H,6-7,9,13H2,1-3H3,(H,24,25). The molecule has 0 saturated carbocycles. The van der Waals surface area contributed by atoms with E-state index in [-0.39, 0.29) is 19.1 Å². The zero-order valence-electron chi connectivity index (χ0n) is 16.9. The third-order valence-electron chi connectivity index (χ3n) is 5.05. The molecule has 1 aromatic heterocycles. The Morgan fingerprint density at radius 3 is 2.83 bits per heavy atom. The number of carbonyl (C=O) groups excluding carboxylic acids is 1. The molecular formula is C23H25NO5. The molecule has 0 spiro atoms. The first-order valence-electron chi connectivity index (χ1n) is 9.81. The molecular weight excluding hydrogens is 370 g/mol. The van der Waals surface area contributed by atoms with Crippen LogP contribution in [0.1, 0.15) is 36.5 Å². The highest BCUT2D eigenvalue weighted by Crippen LogP contribution is 2.35. The summed E-state index contributed by atoms with van der Waals surface area (Å²) in [6, 6.07) is 9.61.